The summed E-state index contributed by atoms with van der Waals surface area (Å²) in [5.41, 5.74) is 0.696. The fourth-order valence-corrected chi connectivity index (χ4v) is 2.55. The Hall–Kier alpha value is -0.390. The number of ether oxygens (including phenoxy) is 1. The first-order valence-corrected chi connectivity index (χ1v) is 7.76. The Labute approximate surface area is 130 Å². The van der Waals surface area contributed by atoms with Crippen molar-refractivity contribution in [2.24, 2.45) is 11.8 Å². The van der Waals surface area contributed by atoms with Crippen molar-refractivity contribution in [2.75, 3.05) is 6.61 Å². The summed E-state index contributed by atoms with van der Waals surface area (Å²) >= 11 is 6.77. The number of hydrogen-bond acceptors (Lipinski definition) is 3. The van der Waals surface area contributed by atoms with Crippen LogP contribution in [-0.4, -0.2) is 17.7 Å². The zero-order valence-electron chi connectivity index (χ0n) is 11.2. The molecule has 1 aromatic rings. The molecule has 0 bridgehead atoms. The molecule has 0 radical (unpaired) electrons. The number of esters is 1. The third kappa shape index (κ3) is 4.29. The second-order valence-corrected chi connectivity index (χ2v) is 6.35. The fourth-order valence-electron chi connectivity index (χ4n) is 1.91. The average molecular weight is 394 g/mol. The minimum absolute atomic E-state index is 0.00327. The topological polar surface area (TPSA) is 46.5 Å². The van der Waals surface area contributed by atoms with Gasteiger partial charge in [0, 0.05) is 8.95 Å². The van der Waals surface area contributed by atoms with Crippen molar-refractivity contribution in [1.29, 1.82) is 0 Å². The van der Waals surface area contributed by atoms with E-state index in [4.69, 9.17) is 4.74 Å². The van der Waals surface area contributed by atoms with Crippen LogP contribution in [0.15, 0.2) is 27.1 Å². The van der Waals surface area contributed by atoms with Crippen LogP contribution in [0.1, 0.15) is 32.4 Å². The molecule has 0 aliphatic rings. The Kier molecular flexibility index (Phi) is 6.50. The molecule has 2 unspecified atom stereocenters. The van der Waals surface area contributed by atoms with Crippen LogP contribution in [0.3, 0.4) is 0 Å². The molecule has 0 aromatic heterocycles. The highest BCUT2D eigenvalue weighted by Gasteiger charge is 2.32. The van der Waals surface area contributed by atoms with Crippen molar-refractivity contribution in [1.82, 2.24) is 0 Å². The maximum absolute atomic E-state index is 11.9. The molecule has 5 heteroatoms. The van der Waals surface area contributed by atoms with Gasteiger partial charge in [0.05, 0.1) is 18.6 Å². The van der Waals surface area contributed by atoms with Crippen LogP contribution in [0.4, 0.5) is 0 Å². The zero-order valence-corrected chi connectivity index (χ0v) is 14.4. The Balaban J connectivity index is 3.01. The molecule has 0 amide bonds. The van der Waals surface area contributed by atoms with Gasteiger partial charge in [-0.3, -0.25) is 4.79 Å². The number of aliphatic hydroxyl groups excluding tert-OH is 1. The van der Waals surface area contributed by atoms with Crippen molar-refractivity contribution in [2.45, 2.75) is 26.9 Å². The van der Waals surface area contributed by atoms with E-state index in [1.165, 1.54) is 0 Å². The molecule has 2 atom stereocenters. The van der Waals surface area contributed by atoms with Crippen molar-refractivity contribution in [3.8, 4) is 0 Å². The summed E-state index contributed by atoms with van der Waals surface area (Å²) in [7, 11) is 0. The highest BCUT2D eigenvalue weighted by atomic mass is 79.9. The van der Waals surface area contributed by atoms with E-state index in [1.54, 1.807) is 13.0 Å². The molecule has 106 valence electrons. The van der Waals surface area contributed by atoms with Crippen LogP contribution in [-0.2, 0) is 9.53 Å². The van der Waals surface area contributed by atoms with Crippen molar-refractivity contribution >= 4 is 37.8 Å². The number of carbonyl (C=O) groups is 1. The average Bonchev–Trinajstić information content (AvgIpc) is 2.32. The smallest absolute Gasteiger partial charge is 0.312 e. The molecule has 0 fully saturated rings. The molecule has 0 saturated carbocycles. The van der Waals surface area contributed by atoms with E-state index < -0.39 is 12.0 Å². The Bertz CT molecular complexity index is 446. The molecular formula is C14H18Br2O3. The van der Waals surface area contributed by atoms with E-state index in [1.807, 2.05) is 26.0 Å². The van der Waals surface area contributed by atoms with E-state index in [0.29, 0.717) is 12.2 Å². The van der Waals surface area contributed by atoms with Gasteiger partial charge in [0.2, 0.25) is 0 Å². The van der Waals surface area contributed by atoms with Gasteiger partial charge in [0.25, 0.3) is 0 Å². The van der Waals surface area contributed by atoms with E-state index in [-0.39, 0.29) is 11.9 Å². The number of benzene rings is 1. The Morgan fingerprint density at radius 3 is 2.42 bits per heavy atom. The summed E-state index contributed by atoms with van der Waals surface area (Å²) in [4.78, 5) is 11.9. The first kappa shape index (κ1) is 16.7. The van der Waals surface area contributed by atoms with E-state index in [0.717, 1.165) is 8.95 Å². The van der Waals surface area contributed by atoms with Gasteiger partial charge in [-0.05, 0) is 62.4 Å². The molecule has 1 rings (SSSR count). The fraction of sp³-hybridized carbons (Fsp3) is 0.500. The SMILES string of the molecule is CCOC(=O)C(C(C)C)C(O)c1ccc(Br)c(Br)c1. The van der Waals surface area contributed by atoms with Gasteiger partial charge in [-0.1, -0.05) is 19.9 Å². The Morgan fingerprint density at radius 1 is 1.32 bits per heavy atom. The first-order valence-electron chi connectivity index (χ1n) is 6.18. The van der Waals surface area contributed by atoms with Crippen LogP contribution in [0.2, 0.25) is 0 Å². The lowest BCUT2D eigenvalue weighted by Crippen LogP contribution is -2.29. The lowest BCUT2D eigenvalue weighted by Gasteiger charge is -2.25. The molecule has 0 spiro atoms. The second kappa shape index (κ2) is 7.41. The van der Waals surface area contributed by atoms with E-state index in [9.17, 15) is 9.90 Å². The van der Waals surface area contributed by atoms with Gasteiger partial charge in [-0.25, -0.2) is 0 Å². The van der Waals surface area contributed by atoms with Crippen molar-refractivity contribution in [3.63, 3.8) is 0 Å². The summed E-state index contributed by atoms with van der Waals surface area (Å²) in [5, 5.41) is 10.4. The van der Waals surface area contributed by atoms with Crippen LogP contribution in [0.25, 0.3) is 0 Å². The van der Waals surface area contributed by atoms with Gasteiger partial charge < -0.3 is 9.84 Å². The van der Waals surface area contributed by atoms with Gasteiger partial charge in [-0.2, -0.15) is 0 Å². The lowest BCUT2D eigenvalue weighted by molar-refractivity contribution is -0.154. The van der Waals surface area contributed by atoms with Crippen LogP contribution in [0, 0.1) is 11.8 Å². The predicted octanol–water partition coefficient (Wildman–Crippen LogP) is 4.08. The van der Waals surface area contributed by atoms with Crippen LogP contribution in [0.5, 0.6) is 0 Å². The molecular weight excluding hydrogens is 376 g/mol. The summed E-state index contributed by atoms with van der Waals surface area (Å²) in [5.74, 6) is -0.923. The number of carbonyl (C=O) groups excluding carboxylic acids is 1. The molecule has 3 nitrogen and oxygen atoms in total. The van der Waals surface area contributed by atoms with E-state index >= 15 is 0 Å². The summed E-state index contributed by atoms with van der Waals surface area (Å²) in [6.07, 6.45) is -0.872. The van der Waals surface area contributed by atoms with Crippen LogP contribution < -0.4 is 0 Å². The maximum atomic E-state index is 11.9. The highest BCUT2D eigenvalue weighted by molar-refractivity contribution is 9.13. The zero-order chi connectivity index (χ0) is 14.6. The standard InChI is InChI=1S/C14H18Br2O3/c1-4-19-14(18)12(8(2)3)13(17)9-5-6-10(15)11(16)7-9/h5-8,12-13,17H,4H2,1-3H3. The van der Waals surface area contributed by atoms with Gasteiger partial charge in [0.15, 0.2) is 0 Å². The molecule has 0 heterocycles. The first-order chi connectivity index (χ1) is 8.88. The van der Waals surface area contributed by atoms with Gasteiger partial charge in [-0.15, -0.1) is 0 Å². The molecule has 1 aromatic carbocycles. The van der Waals surface area contributed by atoms with Gasteiger partial charge >= 0.3 is 5.97 Å². The number of aliphatic hydroxyl groups is 1. The summed E-state index contributed by atoms with van der Waals surface area (Å²) < 4.78 is 6.79. The largest absolute Gasteiger partial charge is 0.466 e. The lowest BCUT2D eigenvalue weighted by atomic mass is 9.86. The molecule has 0 saturated heterocycles. The molecule has 0 aliphatic carbocycles. The predicted molar refractivity (Wildman–Crippen MR) is 81.8 cm³/mol. The summed E-state index contributed by atoms with van der Waals surface area (Å²) in [6.45, 7) is 5.88. The van der Waals surface area contributed by atoms with Crippen LogP contribution >= 0.6 is 31.9 Å². The number of rotatable bonds is 5. The van der Waals surface area contributed by atoms with Gasteiger partial charge in [0.1, 0.15) is 0 Å². The minimum Gasteiger partial charge on any atom is -0.466 e. The maximum Gasteiger partial charge on any atom is 0.312 e. The van der Waals surface area contributed by atoms with E-state index in [2.05, 4.69) is 31.9 Å². The monoisotopic (exact) mass is 392 g/mol. The number of halogens is 2. The molecule has 1 N–H and O–H groups in total. The normalized spacial score (nSPS) is 14.3. The summed E-state index contributed by atoms with van der Waals surface area (Å²) in [6, 6.07) is 5.45. The quantitative estimate of drug-likeness (QED) is 0.766. The molecule has 0 aliphatic heterocycles. The minimum atomic E-state index is -0.872. The Morgan fingerprint density at radius 2 is 1.95 bits per heavy atom. The van der Waals surface area contributed by atoms with Crippen molar-refractivity contribution < 1.29 is 14.6 Å². The van der Waals surface area contributed by atoms with Crippen molar-refractivity contribution in [3.05, 3.63) is 32.7 Å². The third-order valence-electron chi connectivity index (χ3n) is 2.90. The number of hydrogen-bond donors (Lipinski definition) is 1. The second-order valence-electron chi connectivity index (χ2n) is 4.64. The molecule has 19 heavy (non-hydrogen) atoms. The third-order valence-corrected chi connectivity index (χ3v) is 4.78. The highest BCUT2D eigenvalue weighted by Crippen LogP contribution is 2.33.